The second-order valence-electron chi connectivity index (χ2n) is 6.74. The van der Waals surface area contributed by atoms with Gasteiger partial charge in [0.25, 0.3) is 0 Å². The smallest absolute Gasteiger partial charge is 0.406 e. The zero-order chi connectivity index (χ0) is 21.0. The van der Waals surface area contributed by atoms with Crippen molar-refractivity contribution < 1.29 is 22.6 Å². The van der Waals surface area contributed by atoms with Crippen LogP contribution in [0.2, 0.25) is 0 Å². The van der Waals surface area contributed by atoms with Crippen LogP contribution >= 0.6 is 0 Å². The molecule has 11 heteroatoms. The Balaban J connectivity index is 1.39. The van der Waals surface area contributed by atoms with E-state index in [1.165, 1.54) is 30.6 Å². The maximum absolute atomic E-state index is 12.2. The Kier molecular flexibility index (Phi) is 5.91. The van der Waals surface area contributed by atoms with E-state index in [-0.39, 0.29) is 5.75 Å². The Morgan fingerprint density at radius 2 is 1.77 bits per heavy atom. The van der Waals surface area contributed by atoms with Crippen LogP contribution in [0.5, 0.6) is 5.75 Å². The van der Waals surface area contributed by atoms with Gasteiger partial charge in [0.05, 0.1) is 24.3 Å². The van der Waals surface area contributed by atoms with Crippen LogP contribution in [-0.4, -0.2) is 58.6 Å². The Labute approximate surface area is 170 Å². The fourth-order valence-corrected chi connectivity index (χ4v) is 3.23. The third kappa shape index (κ3) is 5.10. The summed E-state index contributed by atoms with van der Waals surface area (Å²) in [6.07, 6.45) is -1.28. The monoisotopic (exact) mass is 422 g/mol. The third-order valence-corrected chi connectivity index (χ3v) is 4.73. The second-order valence-corrected chi connectivity index (χ2v) is 6.74. The average Bonchev–Trinajstić information content (AvgIpc) is 3.15. The molecule has 0 radical (unpaired) electrons. The lowest BCUT2D eigenvalue weighted by Crippen LogP contribution is -2.38. The van der Waals surface area contributed by atoms with E-state index >= 15 is 0 Å². The van der Waals surface area contributed by atoms with E-state index in [1.54, 1.807) is 0 Å². The summed E-state index contributed by atoms with van der Waals surface area (Å²) >= 11 is 0. The molecule has 1 aliphatic heterocycles. The van der Waals surface area contributed by atoms with Crippen molar-refractivity contribution in [2.75, 3.05) is 43.7 Å². The zero-order valence-electron chi connectivity index (χ0n) is 16.0. The highest BCUT2D eigenvalue weighted by Gasteiger charge is 2.30. The number of fused-ring (bicyclic) bond motifs is 1. The number of aromatic nitrogens is 3. The lowest BCUT2D eigenvalue weighted by molar-refractivity contribution is -0.274. The molecule has 2 aromatic heterocycles. The van der Waals surface area contributed by atoms with Crippen LogP contribution in [0.1, 0.15) is 0 Å². The first-order valence-corrected chi connectivity index (χ1v) is 9.46. The van der Waals surface area contributed by atoms with E-state index in [4.69, 9.17) is 4.74 Å². The number of halogens is 3. The molecule has 1 fully saturated rings. The van der Waals surface area contributed by atoms with Crippen LogP contribution < -0.4 is 15.6 Å². The Morgan fingerprint density at radius 1 is 1.00 bits per heavy atom. The number of alkyl halides is 3. The molecule has 1 aliphatic rings. The molecule has 0 saturated carbocycles. The molecular formula is C19H21F3N6O2. The summed E-state index contributed by atoms with van der Waals surface area (Å²) in [6, 6.07) is 7.34. The summed E-state index contributed by atoms with van der Waals surface area (Å²) in [6.45, 7) is 5.09. The minimum Gasteiger partial charge on any atom is -0.406 e. The van der Waals surface area contributed by atoms with Crippen molar-refractivity contribution in [2.45, 2.75) is 12.9 Å². The molecule has 160 valence electrons. The summed E-state index contributed by atoms with van der Waals surface area (Å²) in [5.74, 6) is 0.288. The van der Waals surface area contributed by atoms with Crippen molar-refractivity contribution in [3.63, 3.8) is 0 Å². The van der Waals surface area contributed by atoms with Gasteiger partial charge in [0.1, 0.15) is 17.7 Å². The number of benzene rings is 1. The van der Waals surface area contributed by atoms with E-state index in [9.17, 15) is 13.2 Å². The van der Waals surface area contributed by atoms with Crippen molar-refractivity contribution in [1.29, 1.82) is 0 Å². The first-order chi connectivity index (χ1) is 14.5. The molecule has 3 heterocycles. The molecule has 8 nitrogen and oxygen atoms in total. The fourth-order valence-electron chi connectivity index (χ4n) is 3.23. The highest BCUT2D eigenvalue weighted by atomic mass is 19.4. The van der Waals surface area contributed by atoms with Crippen LogP contribution in [0.15, 0.2) is 42.9 Å². The number of nitrogens with one attached hydrogen (secondary N) is 2. The molecule has 0 aliphatic carbocycles. The third-order valence-electron chi connectivity index (χ3n) is 4.73. The number of rotatable bonds is 7. The predicted molar refractivity (Wildman–Crippen MR) is 105 cm³/mol. The Hall–Kier alpha value is -3.05. The normalized spacial score (nSPS) is 15.3. The van der Waals surface area contributed by atoms with Crippen LogP contribution in [0.4, 0.5) is 24.7 Å². The quantitative estimate of drug-likeness (QED) is 0.567. The van der Waals surface area contributed by atoms with E-state index in [1.807, 2.05) is 12.3 Å². The van der Waals surface area contributed by atoms with E-state index in [0.29, 0.717) is 11.5 Å². The van der Waals surface area contributed by atoms with E-state index < -0.39 is 6.36 Å². The fraction of sp³-hybridized carbons (Fsp3) is 0.368. The molecule has 30 heavy (non-hydrogen) atoms. The topological polar surface area (TPSA) is 76.5 Å². The summed E-state index contributed by atoms with van der Waals surface area (Å²) in [5.41, 5.74) is 7.27. The van der Waals surface area contributed by atoms with E-state index in [0.717, 1.165) is 50.4 Å². The van der Waals surface area contributed by atoms with E-state index in [2.05, 4.69) is 35.0 Å². The first-order valence-electron chi connectivity index (χ1n) is 9.46. The van der Waals surface area contributed by atoms with Gasteiger partial charge in [0.15, 0.2) is 5.82 Å². The number of morpholine rings is 1. The van der Waals surface area contributed by atoms with Gasteiger partial charge in [0, 0.05) is 32.4 Å². The maximum Gasteiger partial charge on any atom is 0.573 e. The molecule has 3 aromatic rings. The standard InChI is InChI=1S/C19H21F3N6O2/c20-19(21,22)30-15-3-1-14(2-4-15)25-26-17-16-5-6-28(18(16)24-13-23-17)8-7-27-9-11-29-12-10-27/h1-6,13,25H,7-12H2,(H,23,24,26). The SMILES string of the molecule is FC(F)(F)Oc1ccc(NNc2ncnc3c2ccn3CCN2CCOCC2)cc1. The lowest BCUT2D eigenvalue weighted by Gasteiger charge is -2.26. The van der Waals surface area contributed by atoms with Gasteiger partial charge in [-0.2, -0.15) is 0 Å². The largest absolute Gasteiger partial charge is 0.573 e. The predicted octanol–water partition coefficient (Wildman–Crippen LogP) is 3.10. The molecule has 0 bridgehead atoms. The minimum atomic E-state index is -4.71. The summed E-state index contributed by atoms with van der Waals surface area (Å²) in [7, 11) is 0. The molecule has 1 aromatic carbocycles. The maximum atomic E-state index is 12.2. The molecule has 2 N–H and O–H groups in total. The van der Waals surface area contributed by atoms with Gasteiger partial charge in [-0.3, -0.25) is 15.8 Å². The average molecular weight is 422 g/mol. The number of hydrogen-bond donors (Lipinski definition) is 2. The minimum absolute atomic E-state index is 0.283. The number of ether oxygens (including phenoxy) is 2. The van der Waals surface area contributed by atoms with Crippen molar-refractivity contribution in [1.82, 2.24) is 19.4 Å². The van der Waals surface area contributed by atoms with Gasteiger partial charge in [-0.25, -0.2) is 9.97 Å². The van der Waals surface area contributed by atoms with Crippen molar-refractivity contribution in [2.24, 2.45) is 0 Å². The number of hydrogen-bond acceptors (Lipinski definition) is 7. The summed E-state index contributed by atoms with van der Waals surface area (Å²) in [5, 5.41) is 0.837. The van der Waals surface area contributed by atoms with Gasteiger partial charge in [-0.1, -0.05) is 0 Å². The van der Waals surface area contributed by atoms with Crippen molar-refractivity contribution in [3.05, 3.63) is 42.9 Å². The van der Waals surface area contributed by atoms with Crippen LogP contribution in [0.25, 0.3) is 11.0 Å². The summed E-state index contributed by atoms with van der Waals surface area (Å²) < 4.78 is 48.1. The van der Waals surface area contributed by atoms with Crippen molar-refractivity contribution in [3.8, 4) is 5.75 Å². The lowest BCUT2D eigenvalue weighted by atomic mass is 10.3. The van der Waals surface area contributed by atoms with Gasteiger partial charge < -0.3 is 14.0 Å². The molecular weight excluding hydrogens is 401 g/mol. The van der Waals surface area contributed by atoms with Crippen LogP contribution in [0, 0.1) is 0 Å². The molecule has 4 rings (SSSR count). The zero-order valence-corrected chi connectivity index (χ0v) is 16.0. The Morgan fingerprint density at radius 3 is 2.50 bits per heavy atom. The van der Waals surface area contributed by atoms with Gasteiger partial charge in [-0.15, -0.1) is 13.2 Å². The van der Waals surface area contributed by atoms with Crippen LogP contribution in [0.3, 0.4) is 0 Å². The number of hydrazine groups is 1. The molecule has 0 amide bonds. The van der Waals surface area contributed by atoms with Gasteiger partial charge in [-0.05, 0) is 30.3 Å². The number of anilines is 2. The highest BCUT2D eigenvalue weighted by Crippen LogP contribution is 2.25. The Bertz CT molecular complexity index is 971. The second kappa shape index (κ2) is 8.76. The van der Waals surface area contributed by atoms with Gasteiger partial charge in [0.2, 0.25) is 0 Å². The molecule has 1 saturated heterocycles. The highest BCUT2D eigenvalue weighted by molar-refractivity contribution is 5.87. The molecule has 0 atom stereocenters. The first kappa shape index (κ1) is 20.2. The number of nitrogens with zero attached hydrogens (tertiary/aromatic N) is 4. The molecule has 0 spiro atoms. The summed E-state index contributed by atoms with van der Waals surface area (Å²) in [4.78, 5) is 11.0. The van der Waals surface area contributed by atoms with Gasteiger partial charge >= 0.3 is 6.36 Å². The van der Waals surface area contributed by atoms with Crippen LogP contribution in [-0.2, 0) is 11.3 Å². The van der Waals surface area contributed by atoms with Crippen molar-refractivity contribution >= 4 is 22.5 Å². The molecule has 0 unspecified atom stereocenters.